The molecule has 1 aromatic rings. The predicted molar refractivity (Wildman–Crippen MR) is 74.6 cm³/mol. The maximum Gasteiger partial charge on any atom is 0.311 e. The van der Waals surface area contributed by atoms with Crippen LogP contribution in [-0.4, -0.2) is 19.1 Å². The van der Waals surface area contributed by atoms with E-state index in [9.17, 15) is 4.79 Å². The van der Waals surface area contributed by atoms with Crippen molar-refractivity contribution in [3.05, 3.63) is 28.7 Å². The summed E-state index contributed by atoms with van der Waals surface area (Å²) in [6.07, 6.45) is 3.84. The minimum Gasteiger partial charge on any atom is -0.425 e. The third-order valence-electron chi connectivity index (χ3n) is 3.22. The van der Waals surface area contributed by atoms with E-state index in [-0.39, 0.29) is 5.97 Å². The van der Waals surface area contributed by atoms with Gasteiger partial charge >= 0.3 is 5.97 Å². The first kappa shape index (κ1) is 13.6. The van der Waals surface area contributed by atoms with Crippen molar-refractivity contribution in [2.75, 3.05) is 13.1 Å². The molecule has 0 radical (unpaired) electrons. The number of nitrogens with one attached hydrogen (secondary N) is 1. The van der Waals surface area contributed by atoms with E-state index in [1.807, 2.05) is 18.2 Å². The summed E-state index contributed by atoms with van der Waals surface area (Å²) in [5.74, 6) is 1.07. The molecule has 0 bridgehead atoms. The van der Waals surface area contributed by atoms with Gasteiger partial charge in [-0.3, -0.25) is 4.79 Å². The molecule has 2 rings (SSSR count). The average Bonchev–Trinajstić information content (AvgIpc) is 2.40. The summed E-state index contributed by atoms with van der Waals surface area (Å²) in [4.78, 5) is 11.7. The van der Waals surface area contributed by atoms with Gasteiger partial charge in [-0.2, -0.15) is 0 Å². The van der Waals surface area contributed by atoms with E-state index < -0.39 is 0 Å². The van der Waals surface area contributed by atoms with E-state index >= 15 is 0 Å². The van der Waals surface area contributed by atoms with Crippen LogP contribution < -0.4 is 10.1 Å². The monoisotopic (exact) mass is 311 g/mol. The quantitative estimate of drug-likeness (QED) is 0.686. The molecule has 1 atom stereocenters. The minimum atomic E-state index is -0.146. The lowest BCUT2D eigenvalue weighted by Crippen LogP contribution is -2.30. The molecule has 18 heavy (non-hydrogen) atoms. The van der Waals surface area contributed by atoms with Gasteiger partial charge in [-0.1, -0.05) is 12.1 Å². The number of benzene rings is 1. The van der Waals surface area contributed by atoms with Crippen LogP contribution in [0.25, 0.3) is 0 Å². The van der Waals surface area contributed by atoms with E-state index in [4.69, 9.17) is 4.74 Å². The number of para-hydroxylation sites is 1. The first-order valence-electron chi connectivity index (χ1n) is 6.41. The molecule has 1 aliphatic heterocycles. The molecule has 4 heteroatoms. The Balaban J connectivity index is 1.76. The summed E-state index contributed by atoms with van der Waals surface area (Å²) < 4.78 is 6.15. The van der Waals surface area contributed by atoms with Gasteiger partial charge < -0.3 is 10.1 Å². The zero-order valence-corrected chi connectivity index (χ0v) is 11.9. The molecular weight excluding hydrogens is 294 g/mol. The van der Waals surface area contributed by atoms with Crippen molar-refractivity contribution >= 4 is 21.9 Å². The Kier molecular flexibility index (Phi) is 5.20. The van der Waals surface area contributed by atoms with Crippen molar-refractivity contribution in [1.82, 2.24) is 5.32 Å². The molecule has 0 spiro atoms. The standard InChI is InChI=1S/C14H18BrNO2/c15-12-5-1-2-6-13(12)18-14(17)8-7-11-4-3-9-16-10-11/h1-2,5-6,11,16H,3-4,7-10H2. The van der Waals surface area contributed by atoms with E-state index in [1.165, 1.54) is 12.8 Å². The highest BCUT2D eigenvalue weighted by molar-refractivity contribution is 9.10. The summed E-state index contributed by atoms with van der Waals surface area (Å²) in [5.41, 5.74) is 0. The number of piperidine rings is 1. The van der Waals surface area contributed by atoms with Gasteiger partial charge in [-0.25, -0.2) is 0 Å². The smallest absolute Gasteiger partial charge is 0.311 e. The Bertz CT molecular complexity index is 403. The summed E-state index contributed by atoms with van der Waals surface area (Å²) in [7, 11) is 0. The molecule has 1 fully saturated rings. The van der Waals surface area contributed by atoms with Crippen LogP contribution in [0.5, 0.6) is 5.75 Å². The number of esters is 1. The lowest BCUT2D eigenvalue weighted by atomic mass is 9.95. The Morgan fingerprint density at radius 1 is 1.44 bits per heavy atom. The van der Waals surface area contributed by atoms with Crippen molar-refractivity contribution < 1.29 is 9.53 Å². The number of ether oxygens (including phenoxy) is 1. The van der Waals surface area contributed by atoms with E-state index in [2.05, 4.69) is 21.2 Å². The number of carbonyl (C=O) groups is 1. The van der Waals surface area contributed by atoms with Gasteiger partial charge in [0.15, 0.2) is 0 Å². The number of halogens is 1. The van der Waals surface area contributed by atoms with E-state index in [0.29, 0.717) is 18.1 Å². The van der Waals surface area contributed by atoms with Crippen molar-refractivity contribution in [3.8, 4) is 5.75 Å². The third kappa shape index (κ3) is 4.10. The fraction of sp³-hybridized carbons (Fsp3) is 0.500. The van der Waals surface area contributed by atoms with Crippen LogP contribution in [0, 0.1) is 5.92 Å². The van der Waals surface area contributed by atoms with Crippen LogP contribution in [0.3, 0.4) is 0 Å². The van der Waals surface area contributed by atoms with Crippen LogP contribution in [-0.2, 0) is 4.79 Å². The van der Waals surface area contributed by atoms with Gasteiger partial charge in [0.2, 0.25) is 0 Å². The molecule has 0 aliphatic carbocycles. The summed E-state index contributed by atoms with van der Waals surface area (Å²) in [5, 5.41) is 3.36. The molecule has 3 nitrogen and oxygen atoms in total. The van der Waals surface area contributed by atoms with Gasteiger partial charge in [0.05, 0.1) is 4.47 Å². The predicted octanol–water partition coefficient (Wildman–Crippen LogP) is 3.13. The highest BCUT2D eigenvalue weighted by Gasteiger charge is 2.15. The second-order valence-corrected chi connectivity index (χ2v) is 5.51. The van der Waals surface area contributed by atoms with Gasteiger partial charge in [0.1, 0.15) is 5.75 Å². The topological polar surface area (TPSA) is 38.3 Å². The maximum absolute atomic E-state index is 11.7. The highest BCUT2D eigenvalue weighted by atomic mass is 79.9. The average molecular weight is 312 g/mol. The van der Waals surface area contributed by atoms with Gasteiger partial charge in [-0.15, -0.1) is 0 Å². The number of hydrogen-bond donors (Lipinski definition) is 1. The van der Waals surface area contributed by atoms with E-state index in [1.54, 1.807) is 6.07 Å². The Labute approximate surface area is 116 Å². The van der Waals surface area contributed by atoms with Crippen LogP contribution in [0.2, 0.25) is 0 Å². The maximum atomic E-state index is 11.7. The van der Waals surface area contributed by atoms with Crippen LogP contribution in [0.15, 0.2) is 28.7 Å². The Morgan fingerprint density at radius 2 is 2.28 bits per heavy atom. The van der Waals surface area contributed by atoms with Crippen LogP contribution >= 0.6 is 15.9 Å². The zero-order valence-electron chi connectivity index (χ0n) is 10.3. The fourth-order valence-electron chi connectivity index (χ4n) is 2.19. The van der Waals surface area contributed by atoms with Crippen molar-refractivity contribution in [2.24, 2.45) is 5.92 Å². The van der Waals surface area contributed by atoms with Gasteiger partial charge in [0.25, 0.3) is 0 Å². The summed E-state index contributed by atoms with van der Waals surface area (Å²) >= 11 is 3.37. The lowest BCUT2D eigenvalue weighted by Gasteiger charge is -2.22. The van der Waals surface area contributed by atoms with Crippen molar-refractivity contribution in [2.45, 2.75) is 25.7 Å². The third-order valence-corrected chi connectivity index (χ3v) is 3.87. The van der Waals surface area contributed by atoms with Crippen molar-refractivity contribution in [3.63, 3.8) is 0 Å². The molecule has 0 saturated carbocycles. The molecule has 1 heterocycles. The van der Waals surface area contributed by atoms with Crippen molar-refractivity contribution in [1.29, 1.82) is 0 Å². The molecule has 1 unspecified atom stereocenters. The number of carbonyl (C=O) groups excluding carboxylic acids is 1. The Morgan fingerprint density at radius 3 is 3.00 bits per heavy atom. The molecular formula is C14H18BrNO2. The fourth-order valence-corrected chi connectivity index (χ4v) is 2.56. The largest absolute Gasteiger partial charge is 0.425 e. The van der Waals surface area contributed by atoms with Crippen LogP contribution in [0.4, 0.5) is 0 Å². The Hall–Kier alpha value is -0.870. The second-order valence-electron chi connectivity index (χ2n) is 4.66. The minimum absolute atomic E-state index is 0.146. The number of rotatable bonds is 4. The van der Waals surface area contributed by atoms with E-state index in [0.717, 1.165) is 24.0 Å². The molecule has 0 aromatic heterocycles. The summed E-state index contributed by atoms with van der Waals surface area (Å²) in [6, 6.07) is 7.42. The van der Waals surface area contributed by atoms with Gasteiger partial charge in [-0.05, 0) is 66.3 Å². The highest BCUT2D eigenvalue weighted by Crippen LogP contribution is 2.24. The SMILES string of the molecule is O=C(CCC1CCCNC1)Oc1ccccc1Br. The molecule has 98 valence electrons. The van der Waals surface area contributed by atoms with Gasteiger partial charge in [0, 0.05) is 6.42 Å². The first-order chi connectivity index (χ1) is 8.75. The first-order valence-corrected chi connectivity index (χ1v) is 7.21. The molecule has 0 amide bonds. The lowest BCUT2D eigenvalue weighted by molar-refractivity contribution is -0.134. The molecule has 1 saturated heterocycles. The normalized spacial score (nSPS) is 19.5. The zero-order chi connectivity index (χ0) is 12.8. The van der Waals surface area contributed by atoms with Crippen LogP contribution in [0.1, 0.15) is 25.7 Å². The molecule has 1 aromatic carbocycles. The molecule has 1 aliphatic rings. The summed E-state index contributed by atoms with van der Waals surface area (Å²) in [6.45, 7) is 2.14. The number of hydrogen-bond acceptors (Lipinski definition) is 3. The molecule has 1 N–H and O–H groups in total. The second kappa shape index (κ2) is 6.90.